The van der Waals surface area contributed by atoms with E-state index in [2.05, 4.69) is 47.6 Å². The molecule has 0 aliphatic heterocycles. The summed E-state index contributed by atoms with van der Waals surface area (Å²) in [5, 5.41) is 5.20. The van der Waals surface area contributed by atoms with Crippen molar-refractivity contribution in [2.75, 3.05) is 0 Å². The molecule has 3 aromatic rings. The molecule has 0 spiro atoms. The minimum absolute atomic E-state index is 0. The van der Waals surface area contributed by atoms with Crippen molar-refractivity contribution in [2.45, 2.75) is 0 Å². The van der Waals surface area contributed by atoms with Gasteiger partial charge in [0.05, 0.1) is 0 Å². The van der Waals surface area contributed by atoms with Gasteiger partial charge in [0.2, 0.25) is 0 Å². The Bertz CT molecular complexity index is 568. The van der Waals surface area contributed by atoms with Crippen LogP contribution in [0.2, 0.25) is 0 Å². The first-order valence-corrected chi connectivity index (χ1v) is 4.39. The average Bonchev–Trinajstić information content (AvgIpc) is 2.65. The summed E-state index contributed by atoms with van der Waals surface area (Å²) in [7, 11) is 0. The average molecular weight is 204 g/mol. The number of halogens is 1. The van der Waals surface area contributed by atoms with Crippen molar-refractivity contribution >= 4 is 34.0 Å². The molecular formula is C12H10ClN. The molecular weight excluding hydrogens is 194 g/mol. The molecule has 0 unspecified atom stereocenters. The number of aromatic nitrogens is 1. The van der Waals surface area contributed by atoms with Gasteiger partial charge in [0, 0.05) is 17.8 Å². The number of hydrogen-bond donors (Lipinski definition) is 1. The molecule has 1 nitrogen and oxygen atoms in total. The summed E-state index contributed by atoms with van der Waals surface area (Å²) < 4.78 is 0. The Kier molecular flexibility index (Phi) is 2.18. The summed E-state index contributed by atoms with van der Waals surface area (Å²) in [5.41, 5.74) is 0. The van der Waals surface area contributed by atoms with Crippen molar-refractivity contribution in [2.24, 2.45) is 0 Å². The van der Waals surface area contributed by atoms with Crippen LogP contribution in [0.3, 0.4) is 0 Å². The molecule has 70 valence electrons. The molecule has 2 aromatic carbocycles. The molecule has 0 aliphatic carbocycles. The summed E-state index contributed by atoms with van der Waals surface area (Å²) in [4.78, 5) is 3.13. The Morgan fingerprint density at radius 2 is 1.50 bits per heavy atom. The van der Waals surface area contributed by atoms with E-state index in [-0.39, 0.29) is 12.4 Å². The first kappa shape index (κ1) is 9.10. The van der Waals surface area contributed by atoms with Crippen LogP contribution in [0.4, 0.5) is 0 Å². The highest BCUT2D eigenvalue weighted by Crippen LogP contribution is 2.24. The molecule has 0 bridgehead atoms. The molecule has 0 radical (unpaired) electrons. The minimum atomic E-state index is 0. The largest absolute Gasteiger partial charge is 0.366 e. The molecule has 0 atom stereocenters. The van der Waals surface area contributed by atoms with Crippen molar-refractivity contribution in [3.05, 3.63) is 48.8 Å². The third-order valence-electron chi connectivity index (χ3n) is 2.47. The molecule has 0 saturated carbocycles. The van der Waals surface area contributed by atoms with E-state index in [0.29, 0.717) is 0 Å². The van der Waals surface area contributed by atoms with Crippen LogP contribution in [0.15, 0.2) is 48.8 Å². The highest BCUT2D eigenvalue weighted by Gasteiger charge is 1.98. The van der Waals surface area contributed by atoms with Gasteiger partial charge in [-0.05, 0) is 16.2 Å². The van der Waals surface area contributed by atoms with Gasteiger partial charge in [-0.3, -0.25) is 0 Å². The first-order valence-electron chi connectivity index (χ1n) is 4.39. The fourth-order valence-corrected chi connectivity index (χ4v) is 1.81. The third kappa shape index (κ3) is 1.17. The zero-order chi connectivity index (χ0) is 8.67. The number of H-pyrrole nitrogens is 1. The Labute approximate surface area is 88.2 Å². The van der Waals surface area contributed by atoms with Crippen LogP contribution in [0, 0.1) is 0 Å². The van der Waals surface area contributed by atoms with Crippen LogP contribution in [0.1, 0.15) is 0 Å². The molecule has 1 N–H and O–H groups in total. The standard InChI is InChI=1S/C12H9N.ClH/c1-2-4-11-9(3-1)5-6-10-7-13-8-12(10)11;/h1-8,13H;1H. The van der Waals surface area contributed by atoms with E-state index in [0.717, 1.165) is 0 Å². The van der Waals surface area contributed by atoms with E-state index in [1.165, 1.54) is 21.5 Å². The van der Waals surface area contributed by atoms with Gasteiger partial charge in [-0.15, -0.1) is 12.4 Å². The van der Waals surface area contributed by atoms with Gasteiger partial charge in [0.25, 0.3) is 0 Å². The van der Waals surface area contributed by atoms with Crippen LogP contribution < -0.4 is 0 Å². The maximum atomic E-state index is 3.13. The number of nitrogens with one attached hydrogen (secondary N) is 1. The summed E-state index contributed by atoms with van der Waals surface area (Å²) >= 11 is 0. The van der Waals surface area contributed by atoms with Gasteiger partial charge < -0.3 is 4.98 Å². The van der Waals surface area contributed by atoms with Crippen molar-refractivity contribution in [3.63, 3.8) is 0 Å². The van der Waals surface area contributed by atoms with Gasteiger partial charge in [-0.2, -0.15) is 0 Å². The van der Waals surface area contributed by atoms with Gasteiger partial charge in [0.1, 0.15) is 0 Å². The SMILES string of the molecule is Cl.c1ccc2c(c1)ccc1c[nH]cc12. The Morgan fingerprint density at radius 3 is 2.43 bits per heavy atom. The van der Waals surface area contributed by atoms with E-state index >= 15 is 0 Å². The Balaban J connectivity index is 0.000000750. The zero-order valence-electron chi connectivity index (χ0n) is 7.53. The monoisotopic (exact) mass is 203 g/mol. The lowest BCUT2D eigenvalue weighted by atomic mass is 10.1. The van der Waals surface area contributed by atoms with Gasteiger partial charge in [0.15, 0.2) is 0 Å². The molecule has 0 saturated heterocycles. The fourth-order valence-electron chi connectivity index (χ4n) is 1.81. The van der Waals surface area contributed by atoms with Crippen LogP contribution in [-0.4, -0.2) is 4.98 Å². The Morgan fingerprint density at radius 1 is 0.714 bits per heavy atom. The maximum absolute atomic E-state index is 3.13. The first-order chi connectivity index (χ1) is 6.45. The molecule has 1 heterocycles. The fraction of sp³-hybridized carbons (Fsp3) is 0. The van der Waals surface area contributed by atoms with E-state index in [1.807, 2.05) is 6.20 Å². The van der Waals surface area contributed by atoms with E-state index in [4.69, 9.17) is 0 Å². The quantitative estimate of drug-likeness (QED) is 0.573. The van der Waals surface area contributed by atoms with Crippen LogP contribution in [-0.2, 0) is 0 Å². The lowest BCUT2D eigenvalue weighted by molar-refractivity contribution is 1.43. The van der Waals surface area contributed by atoms with Crippen LogP contribution >= 0.6 is 12.4 Å². The molecule has 14 heavy (non-hydrogen) atoms. The van der Waals surface area contributed by atoms with Crippen LogP contribution in [0.5, 0.6) is 0 Å². The third-order valence-corrected chi connectivity index (χ3v) is 2.47. The van der Waals surface area contributed by atoms with Crippen molar-refractivity contribution in [1.82, 2.24) is 4.98 Å². The molecule has 3 rings (SSSR count). The normalized spacial score (nSPS) is 10.3. The van der Waals surface area contributed by atoms with E-state index < -0.39 is 0 Å². The second-order valence-corrected chi connectivity index (χ2v) is 3.24. The zero-order valence-corrected chi connectivity index (χ0v) is 8.34. The maximum Gasteiger partial charge on any atom is 0.00906 e. The number of rotatable bonds is 0. The lowest BCUT2D eigenvalue weighted by Gasteiger charge is -1.97. The molecule has 0 aliphatic rings. The van der Waals surface area contributed by atoms with E-state index in [9.17, 15) is 0 Å². The van der Waals surface area contributed by atoms with Gasteiger partial charge in [-0.1, -0.05) is 36.4 Å². The van der Waals surface area contributed by atoms with Gasteiger partial charge in [-0.25, -0.2) is 0 Å². The smallest absolute Gasteiger partial charge is 0.00906 e. The predicted molar refractivity (Wildman–Crippen MR) is 63.1 cm³/mol. The van der Waals surface area contributed by atoms with E-state index in [1.54, 1.807) is 0 Å². The number of fused-ring (bicyclic) bond motifs is 3. The molecule has 1 aromatic heterocycles. The summed E-state index contributed by atoms with van der Waals surface area (Å²) in [6.07, 6.45) is 4.08. The summed E-state index contributed by atoms with van der Waals surface area (Å²) in [5.74, 6) is 0. The topological polar surface area (TPSA) is 15.8 Å². The minimum Gasteiger partial charge on any atom is -0.366 e. The van der Waals surface area contributed by atoms with Crippen molar-refractivity contribution in [3.8, 4) is 0 Å². The summed E-state index contributed by atoms with van der Waals surface area (Å²) in [6.45, 7) is 0. The van der Waals surface area contributed by atoms with Crippen LogP contribution in [0.25, 0.3) is 21.5 Å². The van der Waals surface area contributed by atoms with Crippen molar-refractivity contribution < 1.29 is 0 Å². The van der Waals surface area contributed by atoms with Crippen molar-refractivity contribution in [1.29, 1.82) is 0 Å². The molecule has 2 heteroatoms. The number of aromatic amines is 1. The summed E-state index contributed by atoms with van der Waals surface area (Å²) in [6, 6.07) is 12.8. The number of benzene rings is 2. The Hall–Kier alpha value is -1.47. The highest BCUT2D eigenvalue weighted by molar-refractivity contribution is 6.07. The molecule has 0 fully saturated rings. The second-order valence-electron chi connectivity index (χ2n) is 3.24. The second kappa shape index (κ2) is 3.35. The number of hydrogen-bond acceptors (Lipinski definition) is 0. The predicted octanol–water partition coefficient (Wildman–Crippen LogP) is 3.74. The van der Waals surface area contributed by atoms with Gasteiger partial charge >= 0.3 is 0 Å². The highest BCUT2D eigenvalue weighted by atomic mass is 35.5. The molecule has 0 amide bonds. The lowest BCUT2D eigenvalue weighted by Crippen LogP contribution is -1.71.